The van der Waals surface area contributed by atoms with Gasteiger partial charge in [0.25, 0.3) is 11.8 Å². The molecule has 0 aliphatic heterocycles. The van der Waals surface area contributed by atoms with Crippen LogP contribution in [0.3, 0.4) is 0 Å². The van der Waals surface area contributed by atoms with Crippen LogP contribution in [0.25, 0.3) is 0 Å². The SMILES string of the molecule is N#Cc1nccnc1OC1CCC(NC(=O)c2cc(Br)ccc2Cl)CC1. The molecule has 1 aromatic heterocycles. The maximum atomic E-state index is 12.4. The Kier molecular flexibility index (Phi) is 6.07. The number of nitrogens with zero attached hydrogens (tertiary/aromatic N) is 3. The lowest BCUT2D eigenvalue weighted by molar-refractivity contribution is 0.0889. The van der Waals surface area contributed by atoms with E-state index in [4.69, 9.17) is 21.6 Å². The number of carbonyl (C=O) groups is 1. The lowest BCUT2D eigenvalue weighted by Crippen LogP contribution is -2.39. The number of halogens is 2. The Morgan fingerprint density at radius 2 is 2.00 bits per heavy atom. The summed E-state index contributed by atoms with van der Waals surface area (Å²) in [6, 6.07) is 7.24. The highest BCUT2D eigenvalue weighted by Crippen LogP contribution is 2.25. The van der Waals surface area contributed by atoms with Gasteiger partial charge in [0.05, 0.1) is 10.6 Å². The second kappa shape index (κ2) is 8.47. The predicted molar refractivity (Wildman–Crippen MR) is 100 cm³/mol. The van der Waals surface area contributed by atoms with E-state index in [1.54, 1.807) is 18.2 Å². The monoisotopic (exact) mass is 434 g/mol. The minimum Gasteiger partial charge on any atom is -0.472 e. The smallest absolute Gasteiger partial charge is 0.253 e. The summed E-state index contributed by atoms with van der Waals surface area (Å²) in [5, 5.41) is 12.5. The Bertz CT molecular complexity index is 847. The van der Waals surface area contributed by atoms with Crippen LogP contribution in [0, 0.1) is 11.3 Å². The van der Waals surface area contributed by atoms with Crippen LogP contribution >= 0.6 is 27.5 Å². The van der Waals surface area contributed by atoms with E-state index in [0.717, 1.165) is 30.2 Å². The number of hydrogen-bond donors (Lipinski definition) is 1. The summed E-state index contributed by atoms with van der Waals surface area (Å²) in [7, 11) is 0. The van der Waals surface area contributed by atoms with Crippen molar-refractivity contribution >= 4 is 33.4 Å². The Morgan fingerprint density at radius 3 is 2.73 bits per heavy atom. The number of carbonyl (C=O) groups excluding carboxylic acids is 1. The zero-order chi connectivity index (χ0) is 18.5. The predicted octanol–water partition coefficient (Wildman–Crippen LogP) is 3.88. The third kappa shape index (κ3) is 4.51. The zero-order valence-electron chi connectivity index (χ0n) is 13.8. The Labute approximate surface area is 164 Å². The van der Waals surface area contributed by atoms with Crippen LogP contribution in [0.2, 0.25) is 5.02 Å². The molecule has 0 saturated heterocycles. The quantitative estimate of drug-likeness (QED) is 0.787. The molecular weight excluding hydrogens is 420 g/mol. The fraction of sp³-hybridized carbons (Fsp3) is 0.333. The number of nitrogens with one attached hydrogen (secondary N) is 1. The summed E-state index contributed by atoms with van der Waals surface area (Å²) in [5.41, 5.74) is 0.643. The summed E-state index contributed by atoms with van der Waals surface area (Å²) in [4.78, 5) is 20.5. The molecule has 1 aromatic carbocycles. The molecule has 134 valence electrons. The van der Waals surface area contributed by atoms with Gasteiger partial charge in [-0.3, -0.25) is 4.79 Å². The molecule has 8 heteroatoms. The van der Waals surface area contributed by atoms with E-state index in [1.165, 1.54) is 12.4 Å². The van der Waals surface area contributed by atoms with E-state index in [9.17, 15) is 4.79 Å². The molecule has 6 nitrogen and oxygen atoms in total. The van der Waals surface area contributed by atoms with Gasteiger partial charge >= 0.3 is 0 Å². The molecule has 0 bridgehead atoms. The second-order valence-corrected chi connectivity index (χ2v) is 7.33. The van der Waals surface area contributed by atoms with Gasteiger partial charge in [0.1, 0.15) is 12.2 Å². The molecule has 1 saturated carbocycles. The Hall–Kier alpha value is -2.17. The molecule has 1 aliphatic rings. The molecule has 26 heavy (non-hydrogen) atoms. The van der Waals surface area contributed by atoms with E-state index >= 15 is 0 Å². The number of benzene rings is 1. The average Bonchev–Trinajstić information content (AvgIpc) is 2.65. The van der Waals surface area contributed by atoms with Gasteiger partial charge in [-0.2, -0.15) is 5.26 Å². The molecule has 1 amide bonds. The second-order valence-electron chi connectivity index (χ2n) is 6.01. The normalized spacial score (nSPS) is 19.4. The highest BCUT2D eigenvalue weighted by atomic mass is 79.9. The number of nitriles is 1. The van der Waals surface area contributed by atoms with Crippen molar-refractivity contribution in [1.82, 2.24) is 15.3 Å². The van der Waals surface area contributed by atoms with E-state index in [-0.39, 0.29) is 29.6 Å². The molecule has 2 aromatic rings. The number of hydrogen-bond acceptors (Lipinski definition) is 5. The lowest BCUT2D eigenvalue weighted by atomic mass is 9.92. The Morgan fingerprint density at radius 1 is 1.27 bits per heavy atom. The van der Waals surface area contributed by atoms with Crippen molar-refractivity contribution < 1.29 is 9.53 Å². The van der Waals surface area contributed by atoms with E-state index < -0.39 is 0 Å². The maximum absolute atomic E-state index is 12.4. The van der Waals surface area contributed by atoms with E-state index in [2.05, 4.69) is 31.2 Å². The molecule has 0 unspecified atom stereocenters. The molecule has 3 rings (SSSR count). The van der Waals surface area contributed by atoms with Crippen molar-refractivity contribution in [3.8, 4) is 11.9 Å². The van der Waals surface area contributed by atoms with Crippen LogP contribution in [0.1, 0.15) is 41.7 Å². The standard InChI is InChI=1S/C18H16BrClN4O2/c19-11-1-6-15(20)14(9-11)17(25)24-12-2-4-13(5-3-12)26-18-16(10-21)22-7-8-23-18/h1,6-9,12-13H,2-5H2,(H,24,25). The maximum Gasteiger partial charge on any atom is 0.253 e. The van der Waals surface area contributed by atoms with Gasteiger partial charge in [-0.05, 0) is 43.9 Å². The molecule has 1 N–H and O–H groups in total. The first-order valence-corrected chi connectivity index (χ1v) is 9.37. The van der Waals surface area contributed by atoms with Gasteiger partial charge < -0.3 is 10.1 Å². The molecule has 0 atom stereocenters. The molecule has 1 heterocycles. The molecule has 1 aliphatic carbocycles. The fourth-order valence-corrected chi connectivity index (χ4v) is 3.47. The van der Waals surface area contributed by atoms with Crippen LogP contribution in [-0.4, -0.2) is 28.0 Å². The van der Waals surface area contributed by atoms with Gasteiger partial charge in [0.2, 0.25) is 5.69 Å². The molecule has 0 spiro atoms. The lowest BCUT2D eigenvalue weighted by Gasteiger charge is -2.29. The first-order chi connectivity index (χ1) is 12.6. The first kappa shape index (κ1) is 18.6. The van der Waals surface area contributed by atoms with Crippen LogP contribution in [0.5, 0.6) is 5.88 Å². The number of aromatic nitrogens is 2. The van der Waals surface area contributed by atoms with E-state index in [0.29, 0.717) is 10.6 Å². The third-order valence-corrected chi connectivity index (χ3v) is 5.05. The topological polar surface area (TPSA) is 87.9 Å². The van der Waals surface area contributed by atoms with E-state index in [1.807, 2.05) is 6.07 Å². The van der Waals surface area contributed by atoms with Crippen LogP contribution < -0.4 is 10.1 Å². The number of rotatable bonds is 4. The number of amides is 1. The van der Waals surface area contributed by atoms with Gasteiger partial charge in [-0.15, -0.1) is 0 Å². The van der Waals surface area contributed by atoms with Crippen molar-refractivity contribution in [3.63, 3.8) is 0 Å². The summed E-state index contributed by atoms with van der Waals surface area (Å²) in [6.45, 7) is 0. The highest BCUT2D eigenvalue weighted by Gasteiger charge is 2.25. The molecular formula is C18H16BrClN4O2. The van der Waals surface area contributed by atoms with Crippen LogP contribution in [-0.2, 0) is 0 Å². The minimum atomic E-state index is -0.179. The van der Waals surface area contributed by atoms with Crippen molar-refractivity contribution in [1.29, 1.82) is 5.26 Å². The van der Waals surface area contributed by atoms with Crippen molar-refractivity contribution in [2.24, 2.45) is 0 Å². The van der Waals surface area contributed by atoms with Crippen LogP contribution in [0.15, 0.2) is 35.1 Å². The third-order valence-electron chi connectivity index (χ3n) is 4.23. The fourth-order valence-electron chi connectivity index (χ4n) is 2.91. The van der Waals surface area contributed by atoms with Gasteiger partial charge in [-0.25, -0.2) is 9.97 Å². The summed E-state index contributed by atoms with van der Waals surface area (Å²) >= 11 is 9.46. The summed E-state index contributed by atoms with van der Waals surface area (Å²) < 4.78 is 6.62. The van der Waals surface area contributed by atoms with Crippen molar-refractivity contribution in [3.05, 3.63) is 51.3 Å². The summed E-state index contributed by atoms with van der Waals surface area (Å²) in [5.74, 6) is 0.0877. The van der Waals surface area contributed by atoms with Crippen molar-refractivity contribution in [2.45, 2.75) is 37.8 Å². The minimum absolute atomic E-state index is 0.0404. The average molecular weight is 436 g/mol. The van der Waals surface area contributed by atoms with Crippen molar-refractivity contribution in [2.75, 3.05) is 0 Å². The molecule has 0 radical (unpaired) electrons. The highest BCUT2D eigenvalue weighted by molar-refractivity contribution is 9.10. The van der Waals surface area contributed by atoms with Gasteiger partial charge in [0, 0.05) is 22.9 Å². The van der Waals surface area contributed by atoms with Crippen LogP contribution in [0.4, 0.5) is 0 Å². The summed E-state index contributed by atoms with van der Waals surface area (Å²) in [6.07, 6.45) is 6.02. The Balaban J connectivity index is 1.55. The first-order valence-electron chi connectivity index (χ1n) is 8.20. The number of ether oxygens (including phenoxy) is 1. The van der Waals surface area contributed by atoms with Gasteiger partial charge in [-0.1, -0.05) is 27.5 Å². The van der Waals surface area contributed by atoms with Gasteiger partial charge in [0.15, 0.2) is 0 Å². The molecule has 1 fully saturated rings. The zero-order valence-corrected chi connectivity index (χ0v) is 16.1. The largest absolute Gasteiger partial charge is 0.472 e.